The lowest BCUT2D eigenvalue weighted by Crippen LogP contribution is -2.39. The van der Waals surface area contributed by atoms with Gasteiger partial charge < -0.3 is 15.2 Å². The molecule has 6 nitrogen and oxygen atoms in total. The lowest BCUT2D eigenvalue weighted by Gasteiger charge is -2.17. The fourth-order valence-corrected chi connectivity index (χ4v) is 2.08. The molecule has 0 bridgehead atoms. The Morgan fingerprint density at radius 2 is 2.10 bits per heavy atom. The number of hydrogen-bond acceptors (Lipinski definition) is 4. The molecule has 0 fully saturated rings. The quantitative estimate of drug-likeness (QED) is 0.541. The monoisotopic (exact) mass is 295 g/mol. The Balaban J connectivity index is 2.47. The van der Waals surface area contributed by atoms with E-state index in [0.717, 1.165) is 19.0 Å². The van der Waals surface area contributed by atoms with Gasteiger partial charge in [-0.05, 0) is 26.2 Å². The third-order valence-electron chi connectivity index (χ3n) is 3.39. The molecule has 1 rings (SSSR count). The van der Waals surface area contributed by atoms with Crippen molar-refractivity contribution < 1.29 is 4.52 Å². The normalized spacial score (nSPS) is 13.2. The lowest BCUT2D eigenvalue weighted by molar-refractivity contribution is 0.376. The van der Waals surface area contributed by atoms with Crippen molar-refractivity contribution in [1.29, 1.82) is 0 Å². The molecule has 1 aromatic heterocycles. The van der Waals surface area contributed by atoms with Crippen LogP contribution in [0.1, 0.15) is 58.2 Å². The van der Waals surface area contributed by atoms with E-state index in [1.165, 1.54) is 25.7 Å². The van der Waals surface area contributed by atoms with Crippen molar-refractivity contribution in [3.05, 3.63) is 11.7 Å². The molecule has 0 aliphatic heterocycles. The Morgan fingerprint density at radius 1 is 1.29 bits per heavy atom. The summed E-state index contributed by atoms with van der Waals surface area (Å²) >= 11 is 0. The van der Waals surface area contributed by atoms with Gasteiger partial charge in [0, 0.05) is 13.1 Å². The van der Waals surface area contributed by atoms with E-state index in [1.807, 2.05) is 0 Å². The molecule has 0 aliphatic carbocycles. The minimum atomic E-state index is 0.405. The zero-order valence-corrected chi connectivity index (χ0v) is 13.8. The second kappa shape index (κ2) is 10.2. The second-order valence-corrected chi connectivity index (χ2v) is 5.23. The molecule has 2 N–H and O–H groups in total. The van der Waals surface area contributed by atoms with Crippen LogP contribution in [-0.2, 0) is 6.54 Å². The molecular formula is C15H29N5O. The molecule has 1 atom stereocenters. The Kier molecular flexibility index (Phi) is 8.47. The van der Waals surface area contributed by atoms with Gasteiger partial charge in [0.05, 0.1) is 0 Å². The summed E-state index contributed by atoms with van der Waals surface area (Å²) < 4.78 is 5.07. The second-order valence-electron chi connectivity index (χ2n) is 5.23. The largest absolute Gasteiger partial charge is 0.357 e. The van der Waals surface area contributed by atoms with E-state index in [4.69, 9.17) is 4.52 Å². The van der Waals surface area contributed by atoms with Crippen LogP contribution >= 0.6 is 0 Å². The van der Waals surface area contributed by atoms with E-state index < -0.39 is 0 Å². The van der Waals surface area contributed by atoms with Gasteiger partial charge in [-0.2, -0.15) is 4.98 Å². The molecule has 1 heterocycles. The van der Waals surface area contributed by atoms with E-state index in [1.54, 1.807) is 6.92 Å². The maximum Gasteiger partial charge on any atom is 0.248 e. The Hall–Kier alpha value is -1.59. The number of aromatic nitrogens is 2. The molecule has 6 heteroatoms. The van der Waals surface area contributed by atoms with Crippen molar-refractivity contribution in [2.75, 3.05) is 13.1 Å². The van der Waals surface area contributed by atoms with Gasteiger partial charge in [-0.15, -0.1) is 0 Å². The van der Waals surface area contributed by atoms with E-state index >= 15 is 0 Å². The van der Waals surface area contributed by atoms with Crippen LogP contribution in [0.2, 0.25) is 0 Å². The first-order valence-electron chi connectivity index (χ1n) is 8.00. The molecule has 0 saturated heterocycles. The average Bonchev–Trinajstić information content (AvgIpc) is 2.90. The van der Waals surface area contributed by atoms with Gasteiger partial charge in [0.2, 0.25) is 5.89 Å². The first-order valence-corrected chi connectivity index (χ1v) is 8.00. The van der Waals surface area contributed by atoms with Gasteiger partial charge in [-0.3, -0.25) is 0 Å². The molecule has 120 valence electrons. The number of nitrogens with zero attached hydrogens (tertiary/aromatic N) is 3. The number of aryl methyl sites for hydroxylation is 1. The summed E-state index contributed by atoms with van der Waals surface area (Å²) in [5.41, 5.74) is 0. The number of unbranched alkanes of at least 4 members (excludes halogenated alkanes) is 1. The summed E-state index contributed by atoms with van der Waals surface area (Å²) in [4.78, 5) is 8.64. The number of aliphatic imine (C=N–C) groups is 1. The summed E-state index contributed by atoms with van der Waals surface area (Å²) in [6.07, 6.45) is 4.99. The third kappa shape index (κ3) is 7.11. The minimum Gasteiger partial charge on any atom is -0.357 e. The van der Waals surface area contributed by atoms with Crippen LogP contribution < -0.4 is 10.6 Å². The van der Waals surface area contributed by atoms with Crippen LogP contribution in [0.3, 0.4) is 0 Å². The van der Waals surface area contributed by atoms with Crippen molar-refractivity contribution in [3.63, 3.8) is 0 Å². The predicted octanol–water partition coefficient (Wildman–Crippen LogP) is 2.65. The Morgan fingerprint density at radius 3 is 2.67 bits per heavy atom. The molecule has 0 spiro atoms. The number of nitrogens with one attached hydrogen (secondary N) is 2. The van der Waals surface area contributed by atoms with Gasteiger partial charge in [0.15, 0.2) is 11.8 Å². The summed E-state index contributed by atoms with van der Waals surface area (Å²) in [6.45, 7) is 10.5. The van der Waals surface area contributed by atoms with Gasteiger partial charge in [0.1, 0.15) is 6.54 Å². The van der Waals surface area contributed by atoms with Crippen LogP contribution in [0.5, 0.6) is 0 Å². The van der Waals surface area contributed by atoms with Crippen LogP contribution in [0, 0.1) is 12.8 Å². The van der Waals surface area contributed by atoms with Crippen molar-refractivity contribution in [3.8, 4) is 0 Å². The zero-order valence-electron chi connectivity index (χ0n) is 13.8. The van der Waals surface area contributed by atoms with E-state index in [0.29, 0.717) is 24.2 Å². The molecule has 1 unspecified atom stereocenters. The molecule has 21 heavy (non-hydrogen) atoms. The molecule has 1 aromatic rings. The Labute approximate surface area is 127 Å². The number of guanidine groups is 1. The highest BCUT2D eigenvalue weighted by Gasteiger charge is 2.07. The highest BCUT2D eigenvalue weighted by atomic mass is 16.5. The molecule has 0 amide bonds. The molecule has 0 aliphatic rings. The Bertz CT molecular complexity index is 416. The fourth-order valence-electron chi connectivity index (χ4n) is 2.08. The number of hydrogen-bond donors (Lipinski definition) is 2. The van der Waals surface area contributed by atoms with E-state index in [2.05, 4.69) is 46.5 Å². The average molecular weight is 295 g/mol. The third-order valence-corrected chi connectivity index (χ3v) is 3.39. The summed E-state index contributed by atoms with van der Waals surface area (Å²) in [5.74, 6) is 2.69. The van der Waals surface area contributed by atoms with Gasteiger partial charge in [-0.25, -0.2) is 4.99 Å². The predicted molar refractivity (Wildman–Crippen MR) is 85.2 cm³/mol. The molecule has 0 radical (unpaired) electrons. The van der Waals surface area contributed by atoms with Crippen LogP contribution in [0.4, 0.5) is 0 Å². The van der Waals surface area contributed by atoms with Crippen molar-refractivity contribution >= 4 is 5.96 Å². The summed E-state index contributed by atoms with van der Waals surface area (Å²) in [6, 6.07) is 0. The van der Waals surface area contributed by atoms with Crippen molar-refractivity contribution in [2.24, 2.45) is 10.9 Å². The van der Waals surface area contributed by atoms with Gasteiger partial charge >= 0.3 is 0 Å². The molecular weight excluding hydrogens is 266 g/mol. The highest BCUT2D eigenvalue weighted by molar-refractivity contribution is 5.79. The first-order chi connectivity index (χ1) is 10.2. The standard InChI is InChI=1S/C15H29N5O/c1-5-8-9-13(6-2)10-17-15(16-7-3)18-11-14-19-12(4)20-21-14/h13H,5-11H2,1-4H3,(H2,16,17,18). The minimum absolute atomic E-state index is 0.405. The fraction of sp³-hybridized carbons (Fsp3) is 0.800. The van der Waals surface area contributed by atoms with Gasteiger partial charge in [0.25, 0.3) is 0 Å². The molecule has 0 saturated carbocycles. The smallest absolute Gasteiger partial charge is 0.248 e. The summed E-state index contributed by atoms with van der Waals surface area (Å²) in [7, 11) is 0. The topological polar surface area (TPSA) is 75.3 Å². The maximum atomic E-state index is 5.07. The van der Waals surface area contributed by atoms with Crippen LogP contribution in [0.25, 0.3) is 0 Å². The van der Waals surface area contributed by atoms with Crippen molar-refractivity contribution in [1.82, 2.24) is 20.8 Å². The van der Waals surface area contributed by atoms with Crippen molar-refractivity contribution in [2.45, 2.75) is 59.9 Å². The SMILES string of the molecule is CCCCC(CC)CNC(=NCc1nc(C)no1)NCC. The van der Waals surface area contributed by atoms with Gasteiger partial charge in [-0.1, -0.05) is 38.3 Å². The first kappa shape index (κ1) is 17.5. The summed E-state index contributed by atoms with van der Waals surface area (Å²) in [5, 5.41) is 10.4. The van der Waals surface area contributed by atoms with E-state index in [9.17, 15) is 0 Å². The lowest BCUT2D eigenvalue weighted by atomic mass is 9.99. The highest BCUT2D eigenvalue weighted by Crippen LogP contribution is 2.11. The van der Waals surface area contributed by atoms with Crippen LogP contribution in [0.15, 0.2) is 9.52 Å². The molecule has 0 aromatic carbocycles. The number of rotatable bonds is 9. The zero-order chi connectivity index (χ0) is 15.5. The van der Waals surface area contributed by atoms with E-state index in [-0.39, 0.29) is 0 Å². The maximum absolute atomic E-state index is 5.07. The van der Waals surface area contributed by atoms with Crippen LogP contribution in [-0.4, -0.2) is 29.2 Å².